The summed E-state index contributed by atoms with van der Waals surface area (Å²) >= 11 is 0. The Kier molecular flexibility index (Phi) is 1.94. The molecular formula is C12H15NO2. The van der Waals surface area contributed by atoms with Gasteiger partial charge in [-0.05, 0) is 31.1 Å². The van der Waals surface area contributed by atoms with E-state index in [-0.39, 0.29) is 11.9 Å². The van der Waals surface area contributed by atoms with Crippen LogP contribution in [0.15, 0.2) is 17.3 Å². The van der Waals surface area contributed by atoms with Crippen LogP contribution < -0.4 is 0 Å². The molecule has 1 aliphatic heterocycles. The molecule has 0 spiro atoms. The van der Waals surface area contributed by atoms with E-state index in [0.717, 1.165) is 6.42 Å². The van der Waals surface area contributed by atoms with Gasteiger partial charge in [-0.3, -0.25) is 9.79 Å². The molecule has 5 unspecified atom stereocenters. The average Bonchev–Trinajstić information content (AvgIpc) is 2.83. The molecule has 2 fully saturated rings. The van der Waals surface area contributed by atoms with Gasteiger partial charge in [-0.25, -0.2) is 0 Å². The quantitative estimate of drug-likeness (QED) is 0.643. The van der Waals surface area contributed by atoms with Crippen LogP contribution >= 0.6 is 0 Å². The zero-order valence-corrected chi connectivity index (χ0v) is 8.80. The van der Waals surface area contributed by atoms with Crippen LogP contribution in [0.5, 0.6) is 0 Å². The Morgan fingerprint density at radius 1 is 1.60 bits per heavy atom. The molecule has 3 rings (SSSR count). The number of hydrogen-bond donors (Lipinski definition) is 0. The van der Waals surface area contributed by atoms with Crippen molar-refractivity contribution in [3.05, 3.63) is 12.3 Å². The normalized spacial score (nSPS) is 44.7. The summed E-state index contributed by atoms with van der Waals surface area (Å²) in [6.07, 6.45) is 7.22. The first-order valence-corrected chi connectivity index (χ1v) is 5.69. The van der Waals surface area contributed by atoms with E-state index in [9.17, 15) is 4.79 Å². The second kappa shape index (κ2) is 3.19. The van der Waals surface area contributed by atoms with Crippen molar-refractivity contribution >= 4 is 12.2 Å². The number of fused-ring (bicyclic) bond motifs is 3. The summed E-state index contributed by atoms with van der Waals surface area (Å²) in [6, 6.07) is 0. The van der Waals surface area contributed by atoms with Crippen molar-refractivity contribution < 1.29 is 9.53 Å². The summed E-state index contributed by atoms with van der Waals surface area (Å²) < 4.78 is 5.08. The summed E-state index contributed by atoms with van der Waals surface area (Å²) in [5.74, 6) is 2.38. The fourth-order valence-electron chi connectivity index (χ4n) is 3.28. The topological polar surface area (TPSA) is 38.7 Å². The van der Waals surface area contributed by atoms with Crippen LogP contribution in [0.1, 0.15) is 13.3 Å². The molecule has 0 aromatic rings. The van der Waals surface area contributed by atoms with Gasteiger partial charge in [0.25, 0.3) is 0 Å². The summed E-state index contributed by atoms with van der Waals surface area (Å²) in [7, 11) is 0. The van der Waals surface area contributed by atoms with Gasteiger partial charge in [0.05, 0.1) is 12.5 Å². The van der Waals surface area contributed by atoms with Crippen LogP contribution in [0.3, 0.4) is 0 Å². The Morgan fingerprint density at radius 3 is 3.27 bits per heavy atom. The van der Waals surface area contributed by atoms with Crippen molar-refractivity contribution in [3.8, 4) is 0 Å². The molecule has 2 saturated carbocycles. The molecule has 0 amide bonds. The van der Waals surface area contributed by atoms with Crippen molar-refractivity contribution in [2.24, 2.45) is 34.6 Å². The molecule has 0 saturated heterocycles. The maximum absolute atomic E-state index is 11.6. The lowest BCUT2D eigenvalue weighted by Gasteiger charge is -2.19. The molecule has 3 aliphatic rings. The Hall–Kier alpha value is -1.12. The van der Waals surface area contributed by atoms with E-state index in [0.29, 0.717) is 30.3 Å². The highest BCUT2D eigenvalue weighted by Crippen LogP contribution is 2.63. The number of hydrogen-bond acceptors (Lipinski definition) is 3. The highest BCUT2D eigenvalue weighted by Gasteiger charge is 2.64. The lowest BCUT2D eigenvalue weighted by Crippen LogP contribution is -2.20. The van der Waals surface area contributed by atoms with Crippen molar-refractivity contribution in [1.82, 2.24) is 0 Å². The number of aliphatic imine (C=N–C) groups is 1. The monoisotopic (exact) mass is 205 g/mol. The second-order valence-corrected chi connectivity index (χ2v) is 4.64. The fraction of sp³-hybridized carbons (Fsp3) is 0.667. The van der Waals surface area contributed by atoms with E-state index in [1.165, 1.54) is 0 Å². The van der Waals surface area contributed by atoms with Crippen LogP contribution in [0, 0.1) is 29.6 Å². The van der Waals surface area contributed by atoms with E-state index >= 15 is 0 Å². The Morgan fingerprint density at radius 2 is 2.47 bits per heavy atom. The molecule has 80 valence electrons. The first kappa shape index (κ1) is 9.13. The second-order valence-electron chi connectivity index (χ2n) is 4.64. The van der Waals surface area contributed by atoms with Crippen LogP contribution in [0.25, 0.3) is 0 Å². The van der Waals surface area contributed by atoms with Gasteiger partial charge in [-0.1, -0.05) is 6.08 Å². The third kappa shape index (κ3) is 1.25. The van der Waals surface area contributed by atoms with E-state index < -0.39 is 0 Å². The lowest BCUT2D eigenvalue weighted by molar-refractivity contribution is -0.145. The van der Waals surface area contributed by atoms with Crippen molar-refractivity contribution in [3.63, 3.8) is 0 Å². The molecule has 1 heterocycles. The Labute approximate surface area is 89.2 Å². The smallest absolute Gasteiger partial charge is 0.309 e. The molecule has 15 heavy (non-hydrogen) atoms. The maximum atomic E-state index is 11.6. The molecule has 0 aromatic heterocycles. The van der Waals surface area contributed by atoms with Crippen molar-refractivity contribution in [2.75, 3.05) is 6.61 Å². The Bertz CT molecular complexity index is 348. The molecule has 5 atom stereocenters. The number of nitrogens with zero attached hydrogens (tertiary/aromatic N) is 1. The number of carbonyl (C=O) groups is 1. The van der Waals surface area contributed by atoms with Crippen molar-refractivity contribution in [1.29, 1.82) is 0 Å². The van der Waals surface area contributed by atoms with E-state index in [2.05, 4.69) is 11.1 Å². The average molecular weight is 205 g/mol. The fourth-order valence-corrected chi connectivity index (χ4v) is 3.28. The standard InChI is InChI=1S/C12H15NO2/c1-2-15-12(14)11-8-5-7-3-4-13-6-9(7)10(8)11/h3-4,6-11H,2,5H2,1H3. The molecule has 0 bridgehead atoms. The van der Waals surface area contributed by atoms with Gasteiger partial charge < -0.3 is 4.74 Å². The van der Waals surface area contributed by atoms with Gasteiger partial charge in [-0.2, -0.15) is 0 Å². The van der Waals surface area contributed by atoms with Gasteiger partial charge in [-0.15, -0.1) is 0 Å². The molecule has 0 radical (unpaired) electrons. The first-order valence-electron chi connectivity index (χ1n) is 5.69. The highest BCUT2D eigenvalue weighted by atomic mass is 16.5. The number of ether oxygens (including phenoxy) is 1. The van der Waals surface area contributed by atoms with Crippen molar-refractivity contribution in [2.45, 2.75) is 13.3 Å². The maximum Gasteiger partial charge on any atom is 0.309 e. The summed E-state index contributed by atoms with van der Waals surface area (Å²) in [5, 5.41) is 0. The van der Waals surface area contributed by atoms with E-state index in [4.69, 9.17) is 4.74 Å². The minimum absolute atomic E-state index is 0.00824. The molecule has 3 heteroatoms. The predicted octanol–water partition coefficient (Wildman–Crippen LogP) is 1.65. The number of rotatable bonds is 2. The third-order valence-electron chi connectivity index (χ3n) is 3.95. The summed E-state index contributed by atoms with van der Waals surface area (Å²) in [5.41, 5.74) is 0. The van der Waals surface area contributed by atoms with Crippen LogP contribution in [0.4, 0.5) is 0 Å². The van der Waals surface area contributed by atoms with Gasteiger partial charge in [0, 0.05) is 18.3 Å². The molecule has 2 aliphatic carbocycles. The largest absolute Gasteiger partial charge is 0.466 e. The van der Waals surface area contributed by atoms with E-state index in [1.807, 2.05) is 19.3 Å². The molecular weight excluding hydrogens is 190 g/mol. The van der Waals surface area contributed by atoms with Gasteiger partial charge >= 0.3 is 5.97 Å². The van der Waals surface area contributed by atoms with Crippen LogP contribution in [-0.2, 0) is 9.53 Å². The number of carbonyl (C=O) groups excluding carboxylic acids is 1. The minimum Gasteiger partial charge on any atom is -0.466 e. The highest BCUT2D eigenvalue weighted by molar-refractivity contribution is 5.79. The van der Waals surface area contributed by atoms with Gasteiger partial charge in [0.2, 0.25) is 0 Å². The van der Waals surface area contributed by atoms with Crippen LogP contribution in [-0.4, -0.2) is 18.8 Å². The number of esters is 1. The Balaban J connectivity index is 1.70. The third-order valence-corrected chi connectivity index (χ3v) is 3.95. The predicted molar refractivity (Wildman–Crippen MR) is 56.3 cm³/mol. The first-order chi connectivity index (χ1) is 7.33. The molecule has 0 N–H and O–H groups in total. The van der Waals surface area contributed by atoms with Crippen LogP contribution in [0.2, 0.25) is 0 Å². The van der Waals surface area contributed by atoms with Gasteiger partial charge in [0.1, 0.15) is 0 Å². The molecule has 3 nitrogen and oxygen atoms in total. The summed E-state index contributed by atoms with van der Waals surface area (Å²) in [4.78, 5) is 15.8. The number of allylic oxidation sites excluding steroid dienone is 1. The van der Waals surface area contributed by atoms with Gasteiger partial charge in [0.15, 0.2) is 0 Å². The summed E-state index contributed by atoms with van der Waals surface area (Å²) in [6.45, 7) is 2.36. The zero-order valence-electron chi connectivity index (χ0n) is 8.80. The zero-order chi connectivity index (χ0) is 10.4. The lowest BCUT2D eigenvalue weighted by atomic mass is 9.88. The minimum atomic E-state index is 0.00824. The SMILES string of the molecule is CCOC(=O)C1C2CC3C=CN=CC3C21. The van der Waals surface area contributed by atoms with E-state index in [1.54, 1.807) is 0 Å². The molecule has 0 aromatic carbocycles.